The first-order valence-electron chi connectivity index (χ1n) is 12.9. The molecule has 0 radical (unpaired) electrons. The largest absolute Gasteiger partial charge is 0.325 e. The number of nitrogens with zero attached hydrogens (tertiary/aromatic N) is 1. The fourth-order valence-corrected chi connectivity index (χ4v) is 3.72. The van der Waals surface area contributed by atoms with Crippen molar-refractivity contribution in [3.8, 4) is 0 Å². The Labute approximate surface area is 227 Å². The quantitative estimate of drug-likeness (QED) is 0.236. The first-order chi connectivity index (χ1) is 18.4. The average molecular weight is 514 g/mol. The number of amides is 1. The van der Waals surface area contributed by atoms with Crippen molar-refractivity contribution < 1.29 is 17.2 Å². The van der Waals surface area contributed by atoms with Crippen LogP contribution in [-0.4, -0.2) is 29.0 Å². The normalized spacial score (nSPS) is 10.5. The van der Waals surface area contributed by atoms with Crippen molar-refractivity contribution in [2.45, 2.75) is 40.2 Å². The maximum Gasteiger partial charge on any atom is 0.238 e. The van der Waals surface area contributed by atoms with Gasteiger partial charge in [-0.25, -0.2) is 0 Å². The molecule has 0 atom stereocenters. The van der Waals surface area contributed by atoms with Crippen molar-refractivity contribution in [3.05, 3.63) is 108 Å². The lowest BCUT2D eigenvalue weighted by Gasteiger charge is -2.08. The van der Waals surface area contributed by atoms with Gasteiger partial charge in [-0.1, -0.05) is 81.4 Å². The molecule has 0 saturated heterocycles. The van der Waals surface area contributed by atoms with Gasteiger partial charge in [0.05, 0.1) is 12.1 Å². The predicted octanol–water partition coefficient (Wildman–Crippen LogP) is 6.50. The van der Waals surface area contributed by atoms with Gasteiger partial charge in [0, 0.05) is 51.0 Å². The summed E-state index contributed by atoms with van der Waals surface area (Å²) in [5.74, 6) is 0.298. The summed E-state index contributed by atoms with van der Waals surface area (Å²) in [6.07, 6.45) is 2.65. The molecule has 0 aliphatic heterocycles. The van der Waals surface area contributed by atoms with Crippen LogP contribution in [0.2, 0.25) is 0 Å². The Morgan fingerprint density at radius 2 is 1.55 bits per heavy atom. The van der Waals surface area contributed by atoms with Crippen molar-refractivity contribution in [3.63, 3.8) is 0 Å². The molecule has 1 heterocycles. The second kappa shape index (κ2) is 14.5. The number of ketones is 2. The lowest BCUT2D eigenvalue weighted by molar-refractivity contribution is -0.118. The number of hydrogen-bond acceptors (Lipinski definition) is 5. The molecule has 0 fully saturated rings. The number of Topliss-reactive ketones (excluding diaryl/α,β-unsaturated/α-hetero) is 2. The monoisotopic (exact) mass is 513 g/mol. The van der Waals surface area contributed by atoms with Gasteiger partial charge in [0.2, 0.25) is 5.91 Å². The fraction of sp³-hybridized carbons (Fsp3) is 0.250. The van der Waals surface area contributed by atoms with Gasteiger partial charge in [-0.15, -0.1) is 0 Å². The van der Waals surface area contributed by atoms with Crippen LogP contribution in [0.4, 0.5) is 5.69 Å². The van der Waals surface area contributed by atoms with Gasteiger partial charge in [-0.05, 0) is 35.4 Å². The number of fused-ring (bicyclic) bond motifs is 1. The van der Waals surface area contributed by atoms with Gasteiger partial charge in [0.25, 0.3) is 0 Å². The predicted molar refractivity (Wildman–Crippen MR) is 157 cm³/mol. The van der Waals surface area contributed by atoms with Gasteiger partial charge < -0.3 is 10.6 Å². The highest BCUT2D eigenvalue weighted by Crippen LogP contribution is 2.15. The molecule has 0 unspecified atom stereocenters. The van der Waals surface area contributed by atoms with Crippen molar-refractivity contribution in [1.29, 1.82) is 0 Å². The smallest absolute Gasteiger partial charge is 0.238 e. The molecule has 1 aromatic heterocycles. The van der Waals surface area contributed by atoms with Crippen LogP contribution in [0.3, 0.4) is 0 Å². The summed E-state index contributed by atoms with van der Waals surface area (Å²) in [6.45, 7) is 6.58. The van der Waals surface area contributed by atoms with Crippen LogP contribution in [0.5, 0.6) is 0 Å². The second-order valence-corrected chi connectivity index (χ2v) is 9.34. The molecule has 4 rings (SSSR count). The third-order valence-electron chi connectivity index (χ3n) is 5.89. The molecular formula is C32H39N3O3. The van der Waals surface area contributed by atoms with Crippen LogP contribution in [0, 0.1) is 5.92 Å². The van der Waals surface area contributed by atoms with Crippen LogP contribution in [0.15, 0.2) is 91.1 Å². The van der Waals surface area contributed by atoms with Gasteiger partial charge in [0.15, 0.2) is 5.78 Å². The number of pyridine rings is 1. The maximum atomic E-state index is 11.9. The van der Waals surface area contributed by atoms with Crippen molar-refractivity contribution in [1.82, 2.24) is 10.3 Å². The highest BCUT2D eigenvalue weighted by molar-refractivity contribution is 5.99. The number of anilines is 1. The number of benzene rings is 3. The first-order valence-corrected chi connectivity index (χ1v) is 12.9. The molecule has 3 aromatic carbocycles. The number of carbonyl (C=O) groups excluding carboxylic acids is 3. The van der Waals surface area contributed by atoms with E-state index in [0.29, 0.717) is 24.9 Å². The Balaban J connectivity index is 0.000000410. The van der Waals surface area contributed by atoms with E-state index in [4.69, 9.17) is 0 Å². The Morgan fingerprint density at radius 3 is 2.24 bits per heavy atom. The summed E-state index contributed by atoms with van der Waals surface area (Å²) in [5, 5.41) is 6.96. The zero-order valence-electron chi connectivity index (χ0n) is 22.2. The van der Waals surface area contributed by atoms with E-state index in [1.165, 1.54) is 0 Å². The summed E-state index contributed by atoms with van der Waals surface area (Å²) in [4.78, 5) is 39.3. The second-order valence-electron chi connectivity index (χ2n) is 9.34. The third-order valence-corrected chi connectivity index (χ3v) is 5.89. The van der Waals surface area contributed by atoms with Gasteiger partial charge in [-0.2, -0.15) is 0 Å². The summed E-state index contributed by atoms with van der Waals surface area (Å²) >= 11 is 0. The number of hydrogen-bond donors (Lipinski definition) is 2. The van der Waals surface area contributed by atoms with Gasteiger partial charge in [0.1, 0.15) is 5.78 Å². The molecule has 38 heavy (non-hydrogen) atoms. The Morgan fingerprint density at radius 1 is 0.868 bits per heavy atom. The molecule has 0 aliphatic carbocycles. The van der Waals surface area contributed by atoms with Crippen molar-refractivity contribution >= 4 is 34.1 Å². The van der Waals surface area contributed by atoms with Gasteiger partial charge in [-0.3, -0.25) is 19.4 Å². The highest BCUT2D eigenvalue weighted by atomic mass is 16.2. The lowest BCUT2D eigenvalue weighted by atomic mass is 10.0. The van der Waals surface area contributed by atoms with Crippen LogP contribution in [-0.2, 0) is 22.6 Å². The van der Waals surface area contributed by atoms with Crippen LogP contribution >= 0.6 is 0 Å². The summed E-state index contributed by atoms with van der Waals surface area (Å²) < 4.78 is 0. The van der Waals surface area contributed by atoms with E-state index in [1.807, 2.05) is 106 Å². The van der Waals surface area contributed by atoms with Crippen molar-refractivity contribution in [2.75, 3.05) is 11.9 Å². The molecule has 200 valence electrons. The molecule has 0 aliphatic rings. The number of carbonyl (C=O) groups is 3. The van der Waals surface area contributed by atoms with Crippen molar-refractivity contribution in [2.24, 2.45) is 5.92 Å². The molecule has 4 aromatic rings. The molecule has 6 nitrogen and oxygen atoms in total. The first kappa shape index (κ1) is 28.4. The van der Waals surface area contributed by atoms with E-state index in [0.717, 1.165) is 27.7 Å². The van der Waals surface area contributed by atoms with Crippen LogP contribution < -0.4 is 10.6 Å². The van der Waals surface area contributed by atoms with E-state index >= 15 is 0 Å². The van der Waals surface area contributed by atoms with Gasteiger partial charge >= 0.3 is 0 Å². The Bertz CT molecular complexity index is 1360. The number of aromatic nitrogens is 1. The molecular weight excluding hydrogens is 474 g/mol. The zero-order valence-corrected chi connectivity index (χ0v) is 22.2. The molecule has 0 bridgehead atoms. The molecule has 2 N–H and O–H groups in total. The summed E-state index contributed by atoms with van der Waals surface area (Å²) in [6, 6.07) is 27.1. The molecule has 0 spiro atoms. The van der Waals surface area contributed by atoms with Crippen LogP contribution in [0.25, 0.3) is 10.9 Å². The minimum absolute atomic E-state index is 0. The molecule has 0 saturated carbocycles. The molecule has 6 heteroatoms. The number of rotatable bonds is 10. The van der Waals surface area contributed by atoms with Crippen LogP contribution in [0.1, 0.15) is 51.5 Å². The van der Waals surface area contributed by atoms with E-state index < -0.39 is 0 Å². The SMILES string of the molecule is CC(C)C(=O)c1cnc2ccccc2c1.CCC(=O)Cc1ccc(NC(=O)CNCc2ccccc2)cc1.[HH].[HH]. The minimum atomic E-state index is -0.0849. The van der Waals surface area contributed by atoms with E-state index in [2.05, 4.69) is 15.6 Å². The number of para-hydroxylation sites is 1. The highest BCUT2D eigenvalue weighted by Gasteiger charge is 2.11. The standard InChI is InChI=1S/C19H22N2O2.C13H13NO.2H2/c1-2-18(22)12-15-8-10-17(11-9-15)21-19(23)14-20-13-16-6-4-3-5-7-16;1-9(2)13(15)11-7-10-5-3-4-6-12(10)14-8-11;;/h3-11,20H,2,12-14H2,1H3,(H,21,23);3-9H,1-2H3;2*1H. The summed E-state index contributed by atoms with van der Waals surface area (Å²) in [7, 11) is 0. The average Bonchev–Trinajstić information content (AvgIpc) is 2.94. The van der Waals surface area contributed by atoms with E-state index in [-0.39, 0.29) is 32.8 Å². The topological polar surface area (TPSA) is 88.2 Å². The van der Waals surface area contributed by atoms with E-state index in [9.17, 15) is 14.4 Å². The minimum Gasteiger partial charge on any atom is -0.325 e. The Kier molecular flexibility index (Phi) is 10.9. The maximum absolute atomic E-state index is 11.9. The molecule has 1 amide bonds. The third kappa shape index (κ3) is 9.05. The van der Waals surface area contributed by atoms with E-state index in [1.54, 1.807) is 6.20 Å². The zero-order chi connectivity index (χ0) is 27.3. The lowest BCUT2D eigenvalue weighted by Crippen LogP contribution is -2.27. The Hall–Kier alpha value is -4.16. The number of nitrogens with one attached hydrogen (secondary N) is 2. The fourth-order valence-electron chi connectivity index (χ4n) is 3.72. The summed E-state index contributed by atoms with van der Waals surface area (Å²) in [5.41, 5.74) is 4.48.